The third kappa shape index (κ3) is 3.13. The lowest BCUT2D eigenvalue weighted by atomic mass is 10.1. The van der Waals surface area contributed by atoms with Gasteiger partial charge in [0.15, 0.2) is 0 Å². The van der Waals surface area contributed by atoms with Crippen molar-refractivity contribution in [2.24, 2.45) is 5.92 Å². The number of hydrogen-bond acceptors (Lipinski definition) is 4. The highest BCUT2D eigenvalue weighted by Gasteiger charge is 2.38. The second kappa shape index (κ2) is 6.00. The Balaban J connectivity index is 1.31. The number of carbonyl (C=O) groups is 2. The summed E-state index contributed by atoms with van der Waals surface area (Å²) in [7, 11) is 0. The molecule has 2 amide bonds. The van der Waals surface area contributed by atoms with E-state index in [1.165, 1.54) is 12.8 Å². The molecule has 1 aliphatic carbocycles. The van der Waals surface area contributed by atoms with Crippen LogP contribution >= 0.6 is 0 Å². The number of likely N-dealkylation sites (tertiary alicyclic amines) is 1. The van der Waals surface area contributed by atoms with Gasteiger partial charge in [-0.15, -0.1) is 0 Å². The molecule has 1 aromatic heterocycles. The zero-order valence-electron chi connectivity index (χ0n) is 13.3. The lowest BCUT2D eigenvalue weighted by Crippen LogP contribution is -2.51. The first-order chi connectivity index (χ1) is 11.2. The second-order valence-electron chi connectivity index (χ2n) is 6.85. The molecule has 3 fully saturated rings. The Hall–Kier alpha value is -1.82. The van der Waals surface area contributed by atoms with Crippen molar-refractivity contribution in [2.45, 2.75) is 31.8 Å². The molecule has 0 unspecified atom stereocenters. The minimum absolute atomic E-state index is 0.0522. The van der Waals surface area contributed by atoms with Gasteiger partial charge in [0, 0.05) is 45.2 Å². The van der Waals surface area contributed by atoms with Gasteiger partial charge in [0.2, 0.25) is 11.8 Å². The van der Waals surface area contributed by atoms with Crippen LogP contribution in [0.15, 0.2) is 22.8 Å². The summed E-state index contributed by atoms with van der Waals surface area (Å²) in [5.41, 5.74) is 0. The Labute approximate surface area is 136 Å². The molecular weight excluding hydrogens is 294 g/mol. The molecule has 4 rings (SSSR count). The third-order valence-corrected chi connectivity index (χ3v) is 5.18. The third-order valence-electron chi connectivity index (χ3n) is 5.18. The first kappa shape index (κ1) is 14.8. The van der Waals surface area contributed by atoms with Crippen molar-refractivity contribution in [3.8, 4) is 0 Å². The van der Waals surface area contributed by atoms with Crippen LogP contribution in [-0.4, -0.2) is 65.3 Å². The van der Waals surface area contributed by atoms with Gasteiger partial charge in [-0.25, -0.2) is 0 Å². The average molecular weight is 317 g/mol. The Morgan fingerprint density at radius 3 is 2.65 bits per heavy atom. The molecule has 3 aliphatic rings. The van der Waals surface area contributed by atoms with Crippen LogP contribution in [-0.2, 0) is 16.1 Å². The number of nitrogens with zero attached hydrogens (tertiary/aromatic N) is 3. The molecule has 6 nitrogen and oxygen atoms in total. The quantitative estimate of drug-likeness (QED) is 0.829. The van der Waals surface area contributed by atoms with Gasteiger partial charge < -0.3 is 14.2 Å². The molecular formula is C17H23N3O3. The van der Waals surface area contributed by atoms with Crippen LogP contribution in [0.5, 0.6) is 0 Å². The molecule has 1 atom stereocenters. The SMILES string of the molecule is O=C1C[C@H](C(=O)N2CCN(C3CC3)CC2)CN1Cc1ccco1. The molecule has 2 aliphatic heterocycles. The maximum atomic E-state index is 12.7. The summed E-state index contributed by atoms with van der Waals surface area (Å²) in [4.78, 5) is 31.0. The van der Waals surface area contributed by atoms with Crippen molar-refractivity contribution < 1.29 is 14.0 Å². The first-order valence-corrected chi connectivity index (χ1v) is 8.53. The molecule has 0 radical (unpaired) electrons. The van der Waals surface area contributed by atoms with E-state index in [9.17, 15) is 9.59 Å². The summed E-state index contributed by atoms with van der Waals surface area (Å²) in [6.45, 7) is 4.54. The van der Waals surface area contributed by atoms with Crippen LogP contribution in [0.3, 0.4) is 0 Å². The van der Waals surface area contributed by atoms with E-state index in [1.54, 1.807) is 11.2 Å². The van der Waals surface area contributed by atoms with E-state index in [0.29, 0.717) is 19.5 Å². The molecule has 3 heterocycles. The summed E-state index contributed by atoms with van der Waals surface area (Å²) >= 11 is 0. The minimum atomic E-state index is -0.190. The maximum absolute atomic E-state index is 12.7. The van der Waals surface area contributed by atoms with Crippen molar-refractivity contribution >= 4 is 11.8 Å². The number of furan rings is 1. The van der Waals surface area contributed by atoms with Gasteiger partial charge in [-0.05, 0) is 25.0 Å². The molecule has 1 saturated carbocycles. The summed E-state index contributed by atoms with van der Waals surface area (Å²) in [6, 6.07) is 4.45. The molecule has 0 aromatic carbocycles. The van der Waals surface area contributed by atoms with Crippen molar-refractivity contribution in [1.29, 1.82) is 0 Å². The van der Waals surface area contributed by atoms with Crippen LogP contribution in [0.2, 0.25) is 0 Å². The Morgan fingerprint density at radius 2 is 2.00 bits per heavy atom. The molecule has 0 bridgehead atoms. The van der Waals surface area contributed by atoms with E-state index < -0.39 is 0 Å². The molecule has 1 aromatic rings. The van der Waals surface area contributed by atoms with Crippen LogP contribution in [0.4, 0.5) is 0 Å². The molecule has 23 heavy (non-hydrogen) atoms. The average Bonchev–Trinajstić information content (AvgIpc) is 3.18. The highest BCUT2D eigenvalue weighted by Crippen LogP contribution is 2.28. The summed E-state index contributed by atoms with van der Waals surface area (Å²) in [5, 5.41) is 0. The van der Waals surface area contributed by atoms with Crippen molar-refractivity contribution in [2.75, 3.05) is 32.7 Å². The fraction of sp³-hybridized carbons (Fsp3) is 0.647. The largest absolute Gasteiger partial charge is 0.467 e. The monoisotopic (exact) mass is 317 g/mol. The Kier molecular flexibility index (Phi) is 3.85. The summed E-state index contributed by atoms with van der Waals surface area (Å²) in [6.07, 6.45) is 4.57. The van der Waals surface area contributed by atoms with Crippen LogP contribution < -0.4 is 0 Å². The van der Waals surface area contributed by atoms with Crippen molar-refractivity contribution in [3.63, 3.8) is 0 Å². The zero-order chi connectivity index (χ0) is 15.8. The summed E-state index contributed by atoms with van der Waals surface area (Å²) < 4.78 is 5.30. The fourth-order valence-electron chi connectivity index (χ4n) is 3.69. The molecule has 2 saturated heterocycles. The molecule has 124 valence electrons. The Bertz CT molecular complexity index is 574. The highest BCUT2D eigenvalue weighted by atomic mass is 16.3. The molecule has 0 spiro atoms. The fourth-order valence-corrected chi connectivity index (χ4v) is 3.69. The smallest absolute Gasteiger partial charge is 0.228 e. The topological polar surface area (TPSA) is 57.0 Å². The van der Waals surface area contributed by atoms with Crippen LogP contribution in [0.1, 0.15) is 25.0 Å². The van der Waals surface area contributed by atoms with Gasteiger partial charge >= 0.3 is 0 Å². The number of hydrogen-bond donors (Lipinski definition) is 0. The van der Waals surface area contributed by atoms with E-state index in [0.717, 1.165) is 38.0 Å². The van der Waals surface area contributed by atoms with E-state index in [-0.39, 0.29) is 17.7 Å². The van der Waals surface area contributed by atoms with E-state index in [4.69, 9.17) is 4.42 Å². The number of piperazine rings is 1. The number of amides is 2. The van der Waals surface area contributed by atoms with Gasteiger partial charge in [0.05, 0.1) is 18.7 Å². The van der Waals surface area contributed by atoms with Crippen molar-refractivity contribution in [3.05, 3.63) is 24.2 Å². The van der Waals surface area contributed by atoms with Gasteiger partial charge in [-0.1, -0.05) is 0 Å². The normalized spacial score (nSPS) is 26.1. The van der Waals surface area contributed by atoms with E-state index >= 15 is 0 Å². The van der Waals surface area contributed by atoms with Crippen LogP contribution in [0.25, 0.3) is 0 Å². The molecule has 6 heteroatoms. The van der Waals surface area contributed by atoms with Gasteiger partial charge in [0.1, 0.15) is 5.76 Å². The molecule has 0 N–H and O–H groups in total. The zero-order valence-corrected chi connectivity index (χ0v) is 13.3. The van der Waals surface area contributed by atoms with Gasteiger partial charge in [0.25, 0.3) is 0 Å². The number of rotatable bonds is 4. The lowest BCUT2D eigenvalue weighted by molar-refractivity contribution is -0.137. The highest BCUT2D eigenvalue weighted by molar-refractivity contribution is 5.89. The second-order valence-corrected chi connectivity index (χ2v) is 6.85. The van der Waals surface area contributed by atoms with E-state index in [1.807, 2.05) is 17.0 Å². The summed E-state index contributed by atoms with van der Waals surface area (Å²) in [5.74, 6) is 0.779. The maximum Gasteiger partial charge on any atom is 0.228 e. The predicted octanol–water partition coefficient (Wildman–Crippen LogP) is 0.935. The van der Waals surface area contributed by atoms with Crippen molar-refractivity contribution in [1.82, 2.24) is 14.7 Å². The number of carbonyl (C=O) groups excluding carboxylic acids is 2. The minimum Gasteiger partial charge on any atom is -0.467 e. The standard InChI is InChI=1S/C17H23N3O3/c21-16-10-13(11-20(16)12-15-2-1-9-23-15)17(22)19-7-5-18(6-8-19)14-3-4-14/h1-2,9,13-14H,3-8,10-12H2/t13-/m0/s1. The lowest BCUT2D eigenvalue weighted by Gasteiger charge is -2.36. The van der Waals surface area contributed by atoms with Gasteiger partial charge in [-0.3, -0.25) is 14.5 Å². The van der Waals surface area contributed by atoms with Gasteiger partial charge in [-0.2, -0.15) is 0 Å². The first-order valence-electron chi connectivity index (χ1n) is 8.53. The van der Waals surface area contributed by atoms with E-state index in [2.05, 4.69) is 4.90 Å². The predicted molar refractivity (Wildman–Crippen MR) is 83.4 cm³/mol. The van der Waals surface area contributed by atoms with Crippen LogP contribution in [0, 0.1) is 5.92 Å². The Morgan fingerprint density at radius 1 is 1.22 bits per heavy atom.